The first-order valence-electron chi connectivity index (χ1n) is 7.94. The average molecular weight is 398 g/mol. The Morgan fingerprint density at radius 1 is 1.08 bits per heavy atom. The minimum absolute atomic E-state index is 0.131. The predicted molar refractivity (Wildman–Crippen MR) is 110 cm³/mol. The third-order valence-electron chi connectivity index (χ3n) is 3.81. The summed E-state index contributed by atoms with van der Waals surface area (Å²) in [6, 6.07) is 9.77. The van der Waals surface area contributed by atoms with Gasteiger partial charge >= 0.3 is 0 Å². The number of anilines is 1. The summed E-state index contributed by atoms with van der Waals surface area (Å²) in [5.41, 5.74) is 4.48. The minimum atomic E-state index is -0.131. The molecule has 0 saturated heterocycles. The Balaban J connectivity index is 1.57. The van der Waals surface area contributed by atoms with Crippen molar-refractivity contribution in [1.29, 1.82) is 0 Å². The summed E-state index contributed by atoms with van der Waals surface area (Å²) in [7, 11) is 0. The van der Waals surface area contributed by atoms with E-state index in [2.05, 4.69) is 15.3 Å². The molecule has 0 saturated carbocycles. The number of aromatic nitrogens is 2. The van der Waals surface area contributed by atoms with E-state index in [1.807, 2.05) is 60.3 Å². The Hall–Kier alpha value is -2.35. The second kappa shape index (κ2) is 7.11. The molecule has 0 aliphatic rings. The molecular weight excluding hydrogens is 382 g/mol. The molecule has 4 nitrogen and oxygen atoms in total. The Labute approximate surface area is 163 Å². The van der Waals surface area contributed by atoms with Crippen LogP contribution in [0.5, 0.6) is 0 Å². The highest BCUT2D eigenvalue weighted by Crippen LogP contribution is 2.30. The first-order chi connectivity index (χ1) is 12.6. The molecular formula is C19H15N3OS3. The Kier molecular flexibility index (Phi) is 4.67. The van der Waals surface area contributed by atoms with Crippen molar-refractivity contribution in [2.24, 2.45) is 0 Å². The van der Waals surface area contributed by atoms with Gasteiger partial charge in [-0.2, -0.15) is 11.3 Å². The largest absolute Gasteiger partial charge is 0.321 e. The van der Waals surface area contributed by atoms with Crippen LogP contribution < -0.4 is 5.32 Å². The van der Waals surface area contributed by atoms with Crippen molar-refractivity contribution in [3.8, 4) is 21.8 Å². The third-order valence-corrected chi connectivity index (χ3v) is 6.47. The van der Waals surface area contributed by atoms with Crippen LogP contribution in [-0.2, 0) is 0 Å². The van der Waals surface area contributed by atoms with Crippen molar-refractivity contribution in [3.63, 3.8) is 0 Å². The molecule has 4 aromatic rings. The van der Waals surface area contributed by atoms with E-state index in [-0.39, 0.29) is 5.91 Å². The van der Waals surface area contributed by atoms with Gasteiger partial charge in [0.1, 0.15) is 9.88 Å². The van der Waals surface area contributed by atoms with Gasteiger partial charge in [-0.1, -0.05) is 12.1 Å². The number of hydrogen-bond donors (Lipinski definition) is 1. The first kappa shape index (κ1) is 17.1. The van der Waals surface area contributed by atoms with Crippen LogP contribution in [0.2, 0.25) is 0 Å². The number of aryl methyl sites for hydroxylation is 2. The quantitative estimate of drug-likeness (QED) is 0.469. The molecule has 130 valence electrons. The van der Waals surface area contributed by atoms with E-state index in [0.29, 0.717) is 4.88 Å². The Morgan fingerprint density at radius 2 is 1.96 bits per heavy atom. The Morgan fingerprint density at radius 3 is 2.69 bits per heavy atom. The van der Waals surface area contributed by atoms with Crippen molar-refractivity contribution >= 4 is 45.6 Å². The van der Waals surface area contributed by atoms with E-state index >= 15 is 0 Å². The predicted octanol–water partition coefficient (Wildman–Crippen LogP) is 5.86. The summed E-state index contributed by atoms with van der Waals surface area (Å²) < 4.78 is 0. The normalized spacial score (nSPS) is 10.8. The van der Waals surface area contributed by atoms with Gasteiger partial charge in [0.05, 0.1) is 16.4 Å². The fourth-order valence-electron chi connectivity index (χ4n) is 2.56. The van der Waals surface area contributed by atoms with E-state index in [1.54, 1.807) is 22.7 Å². The Bertz CT molecular complexity index is 1060. The van der Waals surface area contributed by atoms with Crippen molar-refractivity contribution in [2.75, 3.05) is 5.32 Å². The molecule has 1 N–H and O–H groups in total. The molecule has 0 aliphatic heterocycles. The van der Waals surface area contributed by atoms with E-state index in [4.69, 9.17) is 0 Å². The molecule has 7 heteroatoms. The maximum absolute atomic E-state index is 12.7. The van der Waals surface area contributed by atoms with Crippen LogP contribution in [0.4, 0.5) is 5.69 Å². The average Bonchev–Trinajstić information content (AvgIpc) is 3.35. The van der Waals surface area contributed by atoms with Gasteiger partial charge in [-0.3, -0.25) is 4.79 Å². The summed E-state index contributed by atoms with van der Waals surface area (Å²) in [4.78, 5) is 22.4. The standard InChI is InChI=1S/C19H15N3OS3/c1-11-17(26-19(20-11)14-6-7-24-9-14)18(23)22-15-5-3-4-13(8-15)16-10-25-12(2)21-16/h3-10H,1-2H3,(H,22,23). The molecule has 26 heavy (non-hydrogen) atoms. The van der Waals surface area contributed by atoms with Gasteiger partial charge in [0, 0.05) is 27.6 Å². The number of carbonyl (C=O) groups excluding carboxylic acids is 1. The van der Waals surface area contributed by atoms with Gasteiger partial charge < -0.3 is 5.32 Å². The fraction of sp³-hybridized carbons (Fsp3) is 0.105. The molecule has 3 heterocycles. The number of benzene rings is 1. The topological polar surface area (TPSA) is 54.9 Å². The van der Waals surface area contributed by atoms with Gasteiger partial charge in [-0.15, -0.1) is 22.7 Å². The SMILES string of the molecule is Cc1nc(-c2cccc(NC(=O)c3sc(-c4ccsc4)nc3C)c2)cs1. The number of amides is 1. The van der Waals surface area contributed by atoms with E-state index in [0.717, 1.165) is 38.2 Å². The highest BCUT2D eigenvalue weighted by molar-refractivity contribution is 7.17. The van der Waals surface area contributed by atoms with Crippen molar-refractivity contribution in [3.05, 3.63) is 62.1 Å². The third kappa shape index (κ3) is 3.46. The molecule has 3 aromatic heterocycles. The number of thiazole rings is 2. The molecule has 0 radical (unpaired) electrons. The molecule has 1 amide bonds. The second-order valence-electron chi connectivity index (χ2n) is 5.73. The smallest absolute Gasteiger partial charge is 0.267 e. The maximum Gasteiger partial charge on any atom is 0.267 e. The molecule has 0 bridgehead atoms. The van der Waals surface area contributed by atoms with Crippen LogP contribution >= 0.6 is 34.0 Å². The highest BCUT2D eigenvalue weighted by atomic mass is 32.1. The number of carbonyl (C=O) groups is 1. The van der Waals surface area contributed by atoms with Crippen LogP contribution in [0.3, 0.4) is 0 Å². The number of thiophene rings is 1. The molecule has 4 rings (SSSR count). The van der Waals surface area contributed by atoms with E-state index < -0.39 is 0 Å². The van der Waals surface area contributed by atoms with Crippen LogP contribution in [0.25, 0.3) is 21.8 Å². The molecule has 0 fully saturated rings. The van der Waals surface area contributed by atoms with Crippen LogP contribution in [-0.4, -0.2) is 15.9 Å². The number of rotatable bonds is 4. The lowest BCUT2D eigenvalue weighted by Crippen LogP contribution is -2.11. The molecule has 0 unspecified atom stereocenters. The molecule has 0 aliphatic carbocycles. The highest BCUT2D eigenvalue weighted by Gasteiger charge is 2.17. The van der Waals surface area contributed by atoms with Gasteiger partial charge in [-0.25, -0.2) is 9.97 Å². The van der Waals surface area contributed by atoms with Crippen LogP contribution in [0, 0.1) is 13.8 Å². The van der Waals surface area contributed by atoms with Crippen LogP contribution in [0.1, 0.15) is 20.4 Å². The molecule has 0 spiro atoms. The maximum atomic E-state index is 12.7. The summed E-state index contributed by atoms with van der Waals surface area (Å²) >= 11 is 4.66. The molecule has 0 atom stereocenters. The number of nitrogens with one attached hydrogen (secondary N) is 1. The fourth-order valence-corrected chi connectivity index (χ4v) is 4.85. The first-order valence-corrected chi connectivity index (χ1v) is 10.6. The molecule has 1 aromatic carbocycles. The summed E-state index contributed by atoms with van der Waals surface area (Å²) in [6.07, 6.45) is 0. The van der Waals surface area contributed by atoms with E-state index in [9.17, 15) is 4.79 Å². The monoisotopic (exact) mass is 397 g/mol. The van der Waals surface area contributed by atoms with Crippen LogP contribution in [0.15, 0.2) is 46.5 Å². The lowest BCUT2D eigenvalue weighted by Gasteiger charge is -2.06. The van der Waals surface area contributed by atoms with Crippen molar-refractivity contribution < 1.29 is 4.79 Å². The second-order valence-corrected chi connectivity index (χ2v) is 8.57. The lowest BCUT2D eigenvalue weighted by molar-refractivity contribution is 0.103. The van der Waals surface area contributed by atoms with Gasteiger partial charge in [0.15, 0.2) is 0 Å². The van der Waals surface area contributed by atoms with Gasteiger partial charge in [-0.05, 0) is 37.4 Å². The van der Waals surface area contributed by atoms with Crippen molar-refractivity contribution in [2.45, 2.75) is 13.8 Å². The summed E-state index contributed by atoms with van der Waals surface area (Å²) in [5.74, 6) is -0.131. The lowest BCUT2D eigenvalue weighted by atomic mass is 10.1. The number of hydrogen-bond acceptors (Lipinski definition) is 6. The van der Waals surface area contributed by atoms with E-state index in [1.165, 1.54) is 11.3 Å². The van der Waals surface area contributed by atoms with Crippen molar-refractivity contribution in [1.82, 2.24) is 9.97 Å². The number of nitrogens with zero attached hydrogens (tertiary/aromatic N) is 2. The van der Waals surface area contributed by atoms with Gasteiger partial charge in [0.25, 0.3) is 5.91 Å². The van der Waals surface area contributed by atoms with Gasteiger partial charge in [0.2, 0.25) is 0 Å². The zero-order chi connectivity index (χ0) is 18.1. The summed E-state index contributed by atoms with van der Waals surface area (Å²) in [6.45, 7) is 3.85. The summed E-state index contributed by atoms with van der Waals surface area (Å²) in [5, 5.41) is 11.0. The zero-order valence-electron chi connectivity index (χ0n) is 14.1. The zero-order valence-corrected chi connectivity index (χ0v) is 16.6. The minimum Gasteiger partial charge on any atom is -0.321 e.